The van der Waals surface area contributed by atoms with Crippen LogP contribution >= 0.6 is 0 Å². The molecule has 0 aromatic heterocycles. The molecule has 0 unspecified atom stereocenters. The summed E-state index contributed by atoms with van der Waals surface area (Å²) in [5, 5.41) is 2.84. The number of hydrogen-bond acceptors (Lipinski definition) is 2. The fraction of sp³-hybridized carbons (Fsp3) is 0.143. The van der Waals surface area contributed by atoms with Crippen LogP contribution in [0.25, 0.3) is 0 Å². The van der Waals surface area contributed by atoms with Crippen LogP contribution in [0.2, 0.25) is 26.2 Å². The summed E-state index contributed by atoms with van der Waals surface area (Å²) < 4.78 is 5.30. The van der Waals surface area contributed by atoms with Gasteiger partial charge >= 0.3 is 0 Å². The monoisotopic (exact) mass is 452 g/mol. The van der Waals surface area contributed by atoms with Crippen LogP contribution in [0.15, 0.2) is 121 Å². The molecule has 0 amide bonds. The van der Waals surface area contributed by atoms with E-state index in [0.29, 0.717) is 0 Å². The van der Waals surface area contributed by atoms with Crippen LogP contribution in [0.3, 0.4) is 0 Å². The van der Waals surface area contributed by atoms with Crippen molar-refractivity contribution < 1.29 is 0 Å². The lowest BCUT2D eigenvalue weighted by Crippen LogP contribution is -2.74. The Morgan fingerprint density at radius 3 is 0.906 bits per heavy atom. The fourth-order valence-corrected chi connectivity index (χ4v) is 11.3. The van der Waals surface area contributed by atoms with Gasteiger partial charge in [0.25, 0.3) is 0 Å². The first-order valence-corrected chi connectivity index (χ1v) is 17.1. The Bertz CT molecular complexity index is 1020. The number of hydrazine groups is 1. The summed E-state index contributed by atoms with van der Waals surface area (Å²) >= 11 is 0. The van der Waals surface area contributed by atoms with Crippen LogP contribution in [0.5, 0.6) is 0 Å². The van der Waals surface area contributed by atoms with Crippen molar-refractivity contribution in [3.63, 3.8) is 0 Å². The molecule has 0 saturated heterocycles. The highest BCUT2D eigenvalue weighted by atomic mass is 28.3. The third-order valence-electron chi connectivity index (χ3n) is 6.22. The number of rotatable bonds is 7. The molecule has 4 aromatic carbocycles. The van der Waals surface area contributed by atoms with Crippen molar-refractivity contribution in [3.8, 4) is 0 Å². The summed E-state index contributed by atoms with van der Waals surface area (Å²) in [4.78, 5) is 0. The molecule has 0 radical (unpaired) electrons. The first kappa shape index (κ1) is 22.1. The predicted octanol–water partition coefficient (Wildman–Crippen LogP) is 6.14. The van der Waals surface area contributed by atoms with Gasteiger partial charge in [0, 0.05) is 11.4 Å². The van der Waals surface area contributed by atoms with Gasteiger partial charge in [-0.15, -0.1) is 0 Å². The molecule has 4 aromatic rings. The molecule has 0 spiro atoms. The topological polar surface area (TPSA) is 6.48 Å². The third kappa shape index (κ3) is 4.29. The second-order valence-electron chi connectivity index (χ2n) is 9.14. The minimum atomic E-state index is -2.14. The molecule has 0 fully saturated rings. The molecule has 0 aliphatic rings. The second-order valence-corrected chi connectivity index (χ2v) is 17.4. The number of hydrogen-bond donors (Lipinski definition) is 0. The van der Waals surface area contributed by atoms with Gasteiger partial charge in [-0.1, -0.05) is 97.1 Å². The highest BCUT2D eigenvalue weighted by Gasteiger charge is 2.44. The van der Waals surface area contributed by atoms with Crippen molar-refractivity contribution in [1.29, 1.82) is 0 Å². The van der Waals surface area contributed by atoms with E-state index < -0.39 is 16.5 Å². The van der Waals surface area contributed by atoms with Gasteiger partial charge in [-0.25, -0.2) is 0 Å². The predicted molar refractivity (Wildman–Crippen MR) is 145 cm³/mol. The lowest BCUT2D eigenvalue weighted by Gasteiger charge is -2.53. The first-order valence-electron chi connectivity index (χ1n) is 11.2. The largest absolute Gasteiger partial charge is 0.316 e. The van der Waals surface area contributed by atoms with Crippen LogP contribution < -0.4 is 19.7 Å². The highest BCUT2D eigenvalue weighted by Crippen LogP contribution is 2.32. The van der Waals surface area contributed by atoms with Gasteiger partial charge in [0.1, 0.15) is 0 Å². The lowest BCUT2D eigenvalue weighted by atomic mass is 10.3. The molecule has 0 aliphatic heterocycles. The minimum Gasteiger partial charge on any atom is -0.316 e. The summed E-state index contributed by atoms with van der Waals surface area (Å²) in [6, 6.07) is 43.9. The van der Waals surface area contributed by atoms with Crippen molar-refractivity contribution in [2.45, 2.75) is 26.2 Å². The van der Waals surface area contributed by atoms with Gasteiger partial charge in [-0.05, 0) is 60.8 Å². The Labute approximate surface area is 194 Å². The van der Waals surface area contributed by atoms with Crippen LogP contribution in [-0.4, -0.2) is 16.5 Å². The first-order chi connectivity index (χ1) is 15.4. The van der Waals surface area contributed by atoms with Crippen molar-refractivity contribution in [2.24, 2.45) is 0 Å². The van der Waals surface area contributed by atoms with E-state index in [4.69, 9.17) is 0 Å². The smallest absolute Gasteiger partial charge is 0.206 e. The van der Waals surface area contributed by atoms with Crippen molar-refractivity contribution >= 4 is 38.2 Å². The van der Waals surface area contributed by atoms with E-state index in [-0.39, 0.29) is 0 Å². The van der Waals surface area contributed by atoms with E-state index in [1.807, 2.05) is 0 Å². The zero-order valence-electron chi connectivity index (χ0n) is 19.4. The molecule has 0 saturated carbocycles. The molecule has 32 heavy (non-hydrogen) atoms. The number of benzene rings is 4. The SMILES string of the molecule is C[Si](C)(c1ccccc1)N(c1ccccc1)N(c1ccccc1)[Si](C)(C)c1ccccc1. The number of anilines is 2. The summed E-state index contributed by atoms with van der Waals surface area (Å²) in [5.74, 6) is 0. The molecule has 4 rings (SSSR count). The fourth-order valence-electron chi connectivity index (χ4n) is 4.45. The normalized spacial score (nSPS) is 11.8. The molecule has 0 atom stereocenters. The van der Waals surface area contributed by atoms with Crippen LogP contribution in [-0.2, 0) is 0 Å². The van der Waals surface area contributed by atoms with E-state index in [0.717, 1.165) is 0 Å². The maximum atomic E-state index is 2.65. The van der Waals surface area contributed by atoms with Gasteiger partial charge in [0.15, 0.2) is 0 Å². The zero-order chi connectivity index (χ0) is 22.6. The molecular formula is C28H32N2Si2. The lowest BCUT2D eigenvalue weighted by molar-refractivity contribution is 1.06. The highest BCUT2D eigenvalue weighted by molar-refractivity contribution is 6.98. The Kier molecular flexibility index (Phi) is 6.35. The van der Waals surface area contributed by atoms with Crippen LogP contribution in [0.1, 0.15) is 0 Å². The van der Waals surface area contributed by atoms with Gasteiger partial charge < -0.3 is 9.35 Å². The summed E-state index contributed by atoms with van der Waals surface area (Å²) in [6.45, 7) is 9.84. The Hall–Kier alpha value is -3.09. The average Bonchev–Trinajstić information content (AvgIpc) is 2.84. The molecule has 0 heterocycles. The molecule has 0 aliphatic carbocycles. The number of para-hydroxylation sites is 2. The summed E-state index contributed by atoms with van der Waals surface area (Å²) in [6.07, 6.45) is 0. The average molecular weight is 453 g/mol. The summed E-state index contributed by atoms with van der Waals surface area (Å²) in [7, 11) is -4.29. The van der Waals surface area contributed by atoms with E-state index in [1.165, 1.54) is 21.7 Å². The number of nitrogens with zero attached hydrogens (tertiary/aromatic N) is 2. The standard InChI is InChI=1S/C28H32N2Si2/c1-31(2,27-21-13-7-14-22-27)29(25-17-9-5-10-18-25)30(26-19-11-6-12-20-26)32(3,4)28-23-15-8-16-24-28/h5-24H,1-4H3. The van der Waals surface area contributed by atoms with Crippen molar-refractivity contribution in [2.75, 3.05) is 9.35 Å². The van der Waals surface area contributed by atoms with Gasteiger partial charge in [0.05, 0.1) is 0 Å². The van der Waals surface area contributed by atoms with Crippen LogP contribution in [0, 0.1) is 0 Å². The van der Waals surface area contributed by atoms with E-state index in [1.54, 1.807) is 0 Å². The van der Waals surface area contributed by atoms with Crippen LogP contribution in [0.4, 0.5) is 11.4 Å². The summed E-state index contributed by atoms with van der Waals surface area (Å²) in [5.41, 5.74) is 2.49. The molecule has 2 nitrogen and oxygen atoms in total. The van der Waals surface area contributed by atoms with E-state index >= 15 is 0 Å². The van der Waals surface area contributed by atoms with E-state index in [9.17, 15) is 0 Å². The molecule has 0 bridgehead atoms. The molecule has 0 N–H and O–H groups in total. The molecular weight excluding hydrogens is 420 g/mol. The Balaban J connectivity index is 1.98. The second kappa shape index (κ2) is 9.19. The van der Waals surface area contributed by atoms with Gasteiger partial charge in [-0.2, -0.15) is 0 Å². The minimum absolute atomic E-state index is 1.24. The molecule has 4 heteroatoms. The zero-order valence-corrected chi connectivity index (χ0v) is 21.4. The van der Waals surface area contributed by atoms with Crippen molar-refractivity contribution in [3.05, 3.63) is 121 Å². The van der Waals surface area contributed by atoms with Gasteiger partial charge in [-0.3, -0.25) is 0 Å². The maximum Gasteiger partial charge on any atom is 0.206 e. The third-order valence-corrected chi connectivity index (χ3v) is 12.9. The molecule has 162 valence electrons. The van der Waals surface area contributed by atoms with Crippen molar-refractivity contribution in [1.82, 2.24) is 0 Å². The van der Waals surface area contributed by atoms with Gasteiger partial charge in [0.2, 0.25) is 16.5 Å². The quantitative estimate of drug-likeness (QED) is 0.245. The Morgan fingerprint density at radius 2 is 0.625 bits per heavy atom. The van der Waals surface area contributed by atoms with E-state index in [2.05, 4.69) is 157 Å². The maximum absolute atomic E-state index is 2.65. The Morgan fingerprint density at radius 1 is 0.375 bits per heavy atom.